The zero-order valence-corrected chi connectivity index (χ0v) is 23.2. The van der Waals surface area contributed by atoms with Gasteiger partial charge in [0.1, 0.15) is 0 Å². The highest BCUT2D eigenvalue weighted by atomic mass is 28.3. The molecule has 0 amide bonds. The molecule has 33 heavy (non-hydrogen) atoms. The zero-order valence-electron chi connectivity index (χ0n) is 22.0. The number of allylic oxidation sites excluding steroid dienone is 6. The monoisotopic (exact) mass is 454 g/mol. The van der Waals surface area contributed by atoms with Crippen LogP contribution in [0, 0.1) is 6.92 Å². The van der Waals surface area contributed by atoms with E-state index in [-0.39, 0.29) is 5.41 Å². The Labute approximate surface area is 204 Å². The average Bonchev–Trinajstić information content (AvgIpc) is 3.25. The van der Waals surface area contributed by atoms with Crippen LogP contribution in [0.3, 0.4) is 0 Å². The highest BCUT2D eigenvalue weighted by molar-refractivity contribution is 6.78. The van der Waals surface area contributed by atoms with Crippen LogP contribution in [0.15, 0.2) is 71.3 Å². The lowest BCUT2D eigenvalue weighted by Crippen LogP contribution is -2.41. The summed E-state index contributed by atoms with van der Waals surface area (Å²) in [6.45, 7) is 18.7. The minimum absolute atomic E-state index is 0.190. The smallest absolute Gasteiger partial charge is 0.0767 e. The molecule has 0 aliphatic heterocycles. The molecule has 0 saturated carbocycles. The first-order valence-corrected chi connectivity index (χ1v) is 14.8. The highest BCUT2D eigenvalue weighted by Crippen LogP contribution is 2.48. The van der Waals surface area contributed by atoms with Crippen LogP contribution in [0.5, 0.6) is 0 Å². The van der Waals surface area contributed by atoms with Crippen LogP contribution >= 0.6 is 0 Å². The van der Waals surface area contributed by atoms with Gasteiger partial charge in [0.2, 0.25) is 0 Å². The number of fused-ring (bicyclic) bond motifs is 1. The predicted molar refractivity (Wildman–Crippen MR) is 149 cm³/mol. The maximum Gasteiger partial charge on any atom is 0.0936 e. The number of rotatable bonds is 6. The number of unbranched alkanes of at least 4 members (excludes halogenated alkanes) is 1. The normalized spacial score (nSPS) is 21.2. The van der Waals surface area contributed by atoms with Gasteiger partial charge in [0, 0.05) is 5.54 Å². The van der Waals surface area contributed by atoms with Crippen LogP contribution in [0.2, 0.25) is 5.54 Å². The van der Waals surface area contributed by atoms with Gasteiger partial charge >= 0.3 is 0 Å². The summed E-state index contributed by atoms with van der Waals surface area (Å²) < 4.78 is 0. The summed E-state index contributed by atoms with van der Waals surface area (Å²) in [5, 5.41) is 1.61. The van der Waals surface area contributed by atoms with Crippen molar-refractivity contribution >= 4 is 19.6 Å². The van der Waals surface area contributed by atoms with Gasteiger partial charge in [0.05, 0.1) is 8.80 Å². The third-order valence-corrected chi connectivity index (χ3v) is 12.4. The SMILES string of the molecule is CCCCC1=CC([SiH](c2ccc(C(C)(C)C)cc2)C2C(C)=C(C)c3c(C)cccc32)C(C)=C1. The van der Waals surface area contributed by atoms with Crippen molar-refractivity contribution in [2.24, 2.45) is 0 Å². The fourth-order valence-electron chi connectivity index (χ4n) is 6.12. The van der Waals surface area contributed by atoms with Gasteiger partial charge in [-0.15, -0.1) is 0 Å². The third kappa shape index (κ3) is 4.49. The lowest BCUT2D eigenvalue weighted by atomic mass is 9.87. The number of hydrogen-bond acceptors (Lipinski definition) is 0. The molecule has 2 aliphatic carbocycles. The average molecular weight is 455 g/mol. The van der Waals surface area contributed by atoms with Crippen molar-refractivity contribution in [2.45, 2.75) is 91.1 Å². The van der Waals surface area contributed by atoms with Gasteiger partial charge in [-0.05, 0) is 79.3 Å². The third-order valence-electron chi connectivity index (χ3n) is 8.13. The summed E-state index contributed by atoms with van der Waals surface area (Å²) >= 11 is 0. The highest BCUT2D eigenvalue weighted by Gasteiger charge is 2.40. The first kappa shape index (κ1) is 24.0. The van der Waals surface area contributed by atoms with Crippen LogP contribution in [-0.2, 0) is 5.41 Å². The molecule has 1 heteroatoms. The first-order chi connectivity index (χ1) is 15.6. The molecule has 0 saturated heterocycles. The minimum atomic E-state index is -1.46. The predicted octanol–water partition coefficient (Wildman–Crippen LogP) is 8.30. The summed E-state index contributed by atoms with van der Waals surface area (Å²) in [6.07, 6.45) is 8.96. The second kappa shape index (κ2) is 9.26. The van der Waals surface area contributed by atoms with E-state index in [0.717, 1.165) is 0 Å². The van der Waals surface area contributed by atoms with Crippen LogP contribution in [0.4, 0.5) is 0 Å². The molecule has 0 N–H and O–H groups in total. The van der Waals surface area contributed by atoms with E-state index >= 15 is 0 Å². The lowest BCUT2D eigenvalue weighted by Gasteiger charge is -2.31. The molecule has 2 aliphatic rings. The molecule has 0 bridgehead atoms. The van der Waals surface area contributed by atoms with E-state index in [1.807, 2.05) is 0 Å². The van der Waals surface area contributed by atoms with E-state index in [0.29, 0.717) is 11.1 Å². The molecule has 0 spiro atoms. The zero-order chi connectivity index (χ0) is 23.9. The number of benzene rings is 2. The van der Waals surface area contributed by atoms with Gasteiger partial charge in [-0.2, -0.15) is 0 Å². The Morgan fingerprint density at radius 3 is 2.24 bits per heavy atom. The van der Waals surface area contributed by atoms with Gasteiger partial charge in [-0.25, -0.2) is 0 Å². The number of aryl methyl sites for hydroxylation is 1. The summed E-state index contributed by atoms with van der Waals surface area (Å²) in [7, 11) is -1.46. The molecule has 3 atom stereocenters. The van der Waals surface area contributed by atoms with E-state index in [1.165, 1.54) is 41.5 Å². The molecule has 2 aromatic rings. The Morgan fingerprint density at radius 1 is 0.909 bits per heavy atom. The van der Waals surface area contributed by atoms with Crippen LogP contribution in [0.1, 0.15) is 95.5 Å². The van der Waals surface area contributed by atoms with Crippen LogP contribution < -0.4 is 5.19 Å². The summed E-state index contributed by atoms with van der Waals surface area (Å²) in [6, 6.07) is 16.8. The maximum atomic E-state index is 2.66. The van der Waals surface area contributed by atoms with Crippen molar-refractivity contribution in [1.29, 1.82) is 0 Å². The molecule has 3 unspecified atom stereocenters. The van der Waals surface area contributed by atoms with Gasteiger partial charge in [0.15, 0.2) is 0 Å². The van der Waals surface area contributed by atoms with Gasteiger partial charge < -0.3 is 0 Å². The van der Waals surface area contributed by atoms with E-state index in [2.05, 4.69) is 110 Å². The lowest BCUT2D eigenvalue weighted by molar-refractivity contribution is 0.590. The molecular formula is C32H42Si. The Hall–Kier alpha value is -2.12. The molecule has 0 heterocycles. The van der Waals surface area contributed by atoms with Crippen LogP contribution in [-0.4, -0.2) is 8.80 Å². The van der Waals surface area contributed by atoms with Crippen molar-refractivity contribution in [3.05, 3.63) is 93.6 Å². The minimum Gasteiger partial charge on any atom is -0.0767 e. The molecule has 0 nitrogen and oxygen atoms in total. The van der Waals surface area contributed by atoms with E-state index in [1.54, 1.807) is 27.5 Å². The molecule has 4 rings (SSSR count). The molecule has 2 aromatic carbocycles. The second-order valence-electron chi connectivity index (χ2n) is 11.5. The maximum absolute atomic E-state index is 2.66. The van der Waals surface area contributed by atoms with E-state index < -0.39 is 8.80 Å². The molecule has 0 fully saturated rings. The van der Waals surface area contributed by atoms with Crippen molar-refractivity contribution < 1.29 is 0 Å². The van der Waals surface area contributed by atoms with Gasteiger partial charge in [-0.1, -0.05) is 111 Å². The molecular weight excluding hydrogens is 412 g/mol. The van der Waals surface area contributed by atoms with Crippen LogP contribution in [0.25, 0.3) is 5.57 Å². The van der Waals surface area contributed by atoms with E-state index in [9.17, 15) is 0 Å². The van der Waals surface area contributed by atoms with Crippen molar-refractivity contribution in [1.82, 2.24) is 0 Å². The van der Waals surface area contributed by atoms with Crippen molar-refractivity contribution in [2.75, 3.05) is 0 Å². The fraction of sp³-hybridized carbons (Fsp3) is 0.438. The Kier molecular flexibility index (Phi) is 6.74. The van der Waals surface area contributed by atoms with Gasteiger partial charge in [0.25, 0.3) is 0 Å². The summed E-state index contributed by atoms with van der Waals surface area (Å²) in [5.41, 5.74) is 13.6. The molecule has 0 aromatic heterocycles. The summed E-state index contributed by atoms with van der Waals surface area (Å²) in [5.74, 6) is 0. The largest absolute Gasteiger partial charge is 0.0936 e. The second-order valence-corrected chi connectivity index (χ2v) is 14.6. The van der Waals surface area contributed by atoms with E-state index in [4.69, 9.17) is 0 Å². The number of hydrogen-bond donors (Lipinski definition) is 0. The Balaban J connectivity index is 1.85. The fourth-order valence-corrected chi connectivity index (χ4v) is 10.5. The quantitative estimate of drug-likeness (QED) is 0.385. The molecule has 174 valence electrons. The Bertz CT molecular complexity index is 1120. The van der Waals surface area contributed by atoms with Crippen molar-refractivity contribution in [3.8, 4) is 0 Å². The summed E-state index contributed by atoms with van der Waals surface area (Å²) in [4.78, 5) is 0. The van der Waals surface area contributed by atoms with Crippen molar-refractivity contribution in [3.63, 3.8) is 0 Å². The Morgan fingerprint density at radius 2 is 1.61 bits per heavy atom. The van der Waals surface area contributed by atoms with Gasteiger partial charge in [-0.3, -0.25) is 0 Å². The standard InChI is InChI=1S/C32H42Si/c1-9-10-13-25-19-22(3)29(20-25)33(27-17-15-26(16-18-27)32(6,7)8)31-24(5)23(4)30-21(2)12-11-14-28(30)31/h11-12,14-20,29,31,33H,9-10,13H2,1-8H3. The topological polar surface area (TPSA) is 0 Å². The molecule has 0 radical (unpaired) electrons. The first-order valence-electron chi connectivity index (χ1n) is 12.9.